The summed E-state index contributed by atoms with van der Waals surface area (Å²) in [6.45, 7) is 2.87. The van der Waals surface area contributed by atoms with E-state index in [4.69, 9.17) is 19.9 Å². The van der Waals surface area contributed by atoms with Crippen LogP contribution in [0.25, 0.3) is 0 Å². The zero-order valence-electron chi connectivity index (χ0n) is 17.5. The second-order valence-corrected chi connectivity index (χ2v) is 8.76. The van der Waals surface area contributed by atoms with Crippen LogP contribution in [0.3, 0.4) is 0 Å². The Morgan fingerprint density at radius 2 is 2.07 bits per heavy atom. The molecule has 3 aliphatic rings. The number of carbonyl (C=O) groups is 1. The smallest absolute Gasteiger partial charge is 0.337 e. The van der Waals surface area contributed by atoms with Crippen LogP contribution in [-0.2, 0) is 26.1 Å². The van der Waals surface area contributed by atoms with E-state index in [1.807, 2.05) is 6.07 Å². The fourth-order valence-electron chi connectivity index (χ4n) is 5.86. The van der Waals surface area contributed by atoms with E-state index in [0.29, 0.717) is 38.2 Å². The molecule has 1 aromatic rings. The summed E-state index contributed by atoms with van der Waals surface area (Å²) in [5.74, 6) is 1.01. The van der Waals surface area contributed by atoms with Gasteiger partial charge in [0.05, 0.1) is 19.8 Å². The summed E-state index contributed by atoms with van der Waals surface area (Å²) in [5.41, 5.74) is 8.50. The molecule has 2 fully saturated rings. The van der Waals surface area contributed by atoms with E-state index in [0.717, 1.165) is 18.9 Å². The third-order valence-electron chi connectivity index (χ3n) is 7.17. The highest BCUT2D eigenvalue weighted by molar-refractivity contribution is 5.73. The second kappa shape index (κ2) is 9.13. The van der Waals surface area contributed by atoms with Gasteiger partial charge >= 0.3 is 5.97 Å². The topological polar surface area (TPSA) is 74.0 Å². The standard InChI is InChI=1S/C23H34N2O4/c1-25-10-8-23-7-3-2-4-19(23)21(25)14-17-5-6-18(15-20(17)23)29-22(26)16-28-13-12-27-11-9-24/h5-6,15,19,21H,2-4,7-14,16,24H2,1H3. The molecule has 2 aliphatic carbocycles. The molecule has 2 bridgehead atoms. The summed E-state index contributed by atoms with van der Waals surface area (Å²) < 4.78 is 16.2. The zero-order valence-corrected chi connectivity index (χ0v) is 17.5. The molecule has 0 spiro atoms. The lowest BCUT2D eigenvalue weighted by Crippen LogP contribution is -2.59. The number of benzene rings is 1. The minimum Gasteiger partial charge on any atom is -0.425 e. The van der Waals surface area contributed by atoms with Gasteiger partial charge in [-0.05, 0) is 68.5 Å². The van der Waals surface area contributed by atoms with Crippen molar-refractivity contribution in [2.45, 2.75) is 50.0 Å². The van der Waals surface area contributed by atoms with E-state index < -0.39 is 0 Å². The van der Waals surface area contributed by atoms with Crippen LogP contribution in [0.1, 0.15) is 43.2 Å². The van der Waals surface area contributed by atoms with Gasteiger partial charge < -0.3 is 24.8 Å². The van der Waals surface area contributed by atoms with Crippen molar-refractivity contribution in [3.8, 4) is 5.75 Å². The van der Waals surface area contributed by atoms with Crippen LogP contribution in [0, 0.1) is 5.92 Å². The number of esters is 1. The fraction of sp³-hybridized carbons (Fsp3) is 0.696. The maximum atomic E-state index is 12.2. The molecular weight excluding hydrogens is 368 g/mol. The van der Waals surface area contributed by atoms with E-state index in [1.165, 1.54) is 43.2 Å². The number of hydrogen-bond acceptors (Lipinski definition) is 6. The second-order valence-electron chi connectivity index (χ2n) is 8.76. The van der Waals surface area contributed by atoms with E-state index in [9.17, 15) is 4.79 Å². The van der Waals surface area contributed by atoms with Crippen molar-refractivity contribution in [2.24, 2.45) is 11.7 Å². The molecule has 0 amide bonds. The Hall–Kier alpha value is -1.47. The average Bonchev–Trinajstić information content (AvgIpc) is 2.73. The third-order valence-corrected chi connectivity index (χ3v) is 7.17. The van der Waals surface area contributed by atoms with Gasteiger partial charge in [0.15, 0.2) is 0 Å². The molecule has 3 unspecified atom stereocenters. The highest BCUT2D eigenvalue weighted by Gasteiger charge is 2.53. The average molecular weight is 403 g/mol. The van der Waals surface area contributed by atoms with Gasteiger partial charge in [-0.25, -0.2) is 4.79 Å². The minimum atomic E-state index is -0.362. The molecule has 1 saturated carbocycles. The predicted molar refractivity (Wildman–Crippen MR) is 111 cm³/mol. The van der Waals surface area contributed by atoms with E-state index in [1.54, 1.807) is 0 Å². The van der Waals surface area contributed by atoms with E-state index >= 15 is 0 Å². The Bertz CT molecular complexity index is 725. The SMILES string of the molecule is CN1CCC23CCCCC2C1Cc1ccc(OC(=O)COCCOCCN)cc13. The van der Waals surface area contributed by atoms with Gasteiger partial charge in [-0.2, -0.15) is 0 Å². The first kappa shape index (κ1) is 20.8. The van der Waals surface area contributed by atoms with Gasteiger partial charge in [-0.1, -0.05) is 18.9 Å². The lowest BCUT2D eigenvalue weighted by molar-refractivity contribution is -0.140. The summed E-state index contributed by atoms with van der Waals surface area (Å²) in [6.07, 6.45) is 7.54. The van der Waals surface area contributed by atoms with Gasteiger partial charge in [-0.15, -0.1) is 0 Å². The summed E-state index contributed by atoms with van der Waals surface area (Å²) in [6, 6.07) is 6.92. The van der Waals surface area contributed by atoms with Crippen molar-refractivity contribution in [1.29, 1.82) is 0 Å². The van der Waals surface area contributed by atoms with Crippen LogP contribution < -0.4 is 10.5 Å². The van der Waals surface area contributed by atoms with Crippen LogP contribution >= 0.6 is 0 Å². The Balaban J connectivity index is 1.43. The van der Waals surface area contributed by atoms with Crippen molar-refractivity contribution in [3.05, 3.63) is 29.3 Å². The first-order valence-corrected chi connectivity index (χ1v) is 11.0. The highest BCUT2D eigenvalue weighted by Crippen LogP contribution is 2.55. The monoisotopic (exact) mass is 402 g/mol. The van der Waals surface area contributed by atoms with Crippen LogP contribution in [0.5, 0.6) is 5.75 Å². The maximum Gasteiger partial charge on any atom is 0.337 e. The molecule has 0 aromatic heterocycles. The molecule has 6 nitrogen and oxygen atoms in total. The molecule has 6 heteroatoms. The van der Waals surface area contributed by atoms with Gasteiger partial charge in [0, 0.05) is 18.0 Å². The Morgan fingerprint density at radius 3 is 2.93 bits per heavy atom. The van der Waals surface area contributed by atoms with Gasteiger partial charge in [-0.3, -0.25) is 0 Å². The largest absolute Gasteiger partial charge is 0.425 e. The lowest BCUT2D eigenvalue weighted by Gasteiger charge is -2.58. The first-order chi connectivity index (χ1) is 14.1. The first-order valence-electron chi connectivity index (χ1n) is 11.0. The zero-order chi connectivity index (χ0) is 20.3. The van der Waals surface area contributed by atoms with Crippen molar-refractivity contribution < 1.29 is 19.0 Å². The molecule has 29 heavy (non-hydrogen) atoms. The van der Waals surface area contributed by atoms with Crippen molar-refractivity contribution >= 4 is 5.97 Å². The molecule has 3 atom stereocenters. The number of ether oxygens (including phenoxy) is 3. The number of nitrogens with two attached hydrogens (primary N) is 1. The number of likely N-dealkylation sites (tertiary alicyclic amines) is 1. The molecule has 160 valence electrons. The maximum absolute atomic E-state index is 12.2. The lowest BCUT2D eigenvalue weighted by atomic mass is 9.52. The number of hydrogen-bond donors (Lipinski definition) is 1. The predicted octanol–water partition coefficient (Wildman–Crippen LogP) is 2.27. The summed E-state index contributed by atoms with van der Waals surface area (Å²) >= 11 is 0. The van der Waals surface area contributed by atoms with Crippen molar-refractivity contribution in [2.75, 3.05) is 46.6 Å². The highest BCUT2D eigenvalue weighted by atomic mass is 16.6. The fourth-order valence-corrected chi connectivity index (χ4v) is 5.86. The minimum absolute atomic E-state index is 0.0658. The van der Waals surface area contributed by atoms with Crippen LogP contribution in [0.15, 0.2) is 18.2 Å². The molecule has 2 N–H and O–H groups in total. The normalized spacial score (nSPS) is 28.5. The Kier molecular flexibility index (Phi) is 6.54. The number of carbonyl (C=O) groups excluding carboxylic acids is 1. The third kappa shape index (κ3) is 4.22. The van der Waals surface area contributed by atoms with E-state index in [-0.39, 0.29) is 18.0 Å². The number of nitrogens with zero attached hydrogens (tertiary/aromatic N) is 1. The van der Waals surface area contributed by atoms with Gasteiger partial charge in [0.25, 0.3) is 0 Å². The molecule has 1 aromatic carbocycles. The van der Waals surface area contributed by atoms with Crippen LogP contribution in [-0.4, -0.2) is 63.5 Å². The molecule has 1 saturated heterocycles. The van der Waals surface area contributed by atoms with Crippen LogP contribution in [0.4, 0.5) is 0 Å². The molecule has 4 rings (SSSR count). The molecule has 1 aliphatic heterocycles. The molecular formula is C23H34N2O4. The van der Waals surface area contributed by atoms with Crippen LogP contribution in [0.2, 0.25) is 0 Å². The summed E-state index contributed by atoms with van der Waals surface area (Å²) in [7, 11) is 2.28. The number of rotatable bonds is 8. The van der Waals surface area contributed by atoms with Gasteiger partial charge in [0.2, 0.25) is 0 Å². The quantitative estimate of drug-likeness (QED) is 0.409. The summed E-state index contributed by atoms with van der Waals surface area (Å²) in [4.78, 5) is 14.8. The Labute approximate surface area is 173 Å². The van der Waals surface area contributed by atoms with Crippen molar-refractivity contribution in [1.82, 2.24) is 4.90 Å². The Morgan fingerprint density at radius 1 is 1.21 bits per heavy atom. The molecule has 0 radical (unpaired) electrons. The number of piperidine rings is 1. The van der Waals surface area contributed by atoms with E-state index in [2.05, 4.69) is 24.1 Å². The number of fused-ring (bicyclic) bond motifs is 1. The summed E-state index contributed by atoms with van der Waals surface area (Å²) in [5, 5.41) is 0. The van der Waals surface area contributed by atoms with Gasteiger partial charge in [0.1, 0.15) is 12.4 Å². The number of likely N-dealkylation sites (N-methyl/N-ethyl adjacent to an activating group) is 1. The molecule has 1 heterocycles. The van der Waals surface area contributed by atoms with Crippen molar-refractivity contribution in [3.63, 3.8) is 0 Å².